The van der Waals surface area contributed by atoms with Gasteiger partial charge in [-0.05, 0) is 47.5 Å². The van der Waals surface area contributed by atoms with Crippen LogP contribution in [0.15, 0.2) is 72.8 Å². The second-order valence-corrected chi connectivity index (χ2v) is 6.30. The number of hydrogen-bond donors (Lipinski definition) is 4. The highest BCUT2D eigenvalue weighted by Gasteiger charge is 2.04. The van der Waals surface area contributed by atoms with E-state index in [1.54, 1.807) is 36.4 Å². The van der Waals surface area contributed by atoms with Gasteiger partial charge < -0.3 is 20.8 Å². The number of aromatic carboxylic acids is 2. The van der Waals surface area contributed by atoms with E-state index in [0.717, 1.165) is 22.5 Å². The maximum absolute atomic E-state index is 11.0. The lowest BCUT2D eigenvalue weighted by atomic mass is 10.1. The zero-order chi connectivity index (χ0) is 19.9. The van der Waals surface area contributed by atoms with Crippen molar-refractivity contribution in [2.75, 3.05) is 10.6 Å². The molecule has 0 aliphatic carbocycles. The molecule has 0 aromatic heterocycles. The summed E-state index contributed by atoms with van der Waals surface area (Å²) in [5.74, 6) is -1.90. The van der Waals surface area contributed by atoms with Crippen molar-refractivity contribution in [1.82, 2.24) is 0 Å². The standard InChI is InChI=1S/C22H20N2O4/c25-21(26)17-3-1-5-19(11-17)23-13-15-7-9-16(10-8-15)14-24-20-6-2-4-18(12-20)22(27)28/h1-12,23-24H,13-14H2,(H,25,26)(H,27,28). The zero-order valence-corrected chi connectivity index (χ0v) is 15.1. The monoisotopic (exact) mass is 376 g/mol. The topological polar surface area (TPSA) is 98.7 Å². The molecule has 6 nitrogen and oxygen atoms in total. The lowest BCUT2D eigenvalue weighted by Crippen LogP contribution is -2.03. The molecule has 0 unspecified atom stereocenters. The number of benzene rings is 3. The van der Waals surface area contributed by atoms with Gasteiger partial charge in [0.25, 0.3) is 0 Å². The highest BCUT2D eigenvalue weighted by atomic mass is 16.4. The number of rotatable bonds is 8. The van der Waals surface area contributed by atoms with E-state index in [0.29, 0.717) is 13.1 Å². The van der Waals surface area contributed by atoms with Gasteiger partial charge in [0.05, 0.1) is 11.1 Å². The van der Waals surface area contributed by atoms with Crippen LogP contribution in [-0.4, -0.2) is 22.2 Å². The Kier molecular flexibility index (Phi) is 5.91. The molecule has 0 aliphatic heterocycles. The number of anilines is 2. The van der Waals surface area contributed by atoms with Gasteiger partial charge in [0.15, 0.2) is 0 Å². The van der Waals surface area contributed by atoms with Gasteiger partial charge >= 0.3 is 11.9 Å². The van der Waals surface area contributed by atoms with Crippen LogP contribution >= 0.6 is 0 Å². The van der Waals surface area contributed by atoms with Gasteiger partial charge in [0.1, 0.15) is 0 Å². The van der Waals surface area contributed by atoms with Crippen molar-refractivity contribution in [2.24, 2.45) is 0 Å². The van der Waals surface area contributed by atoms with Crippen molar-refractivity contribution in [3.05, 3.63) is 95.1 Å². The molecule has 4 N–H and O–H groups in total. The van der Waals surface area contributed by atoms with Crippen molar-refractivity contribution in [3.8, 4) is 0 Å². The summed E-state index contributed by atoms with van der Waals surface area (Å²) in [6.45, 7) is 1.16. The molecule has 0 fully saturated rings. The number of carbonyl (C=O) groups is 2. The van der Waals surface area contributed by atoms with E-state index < -0.39 is 11.9 Å². The van der Waals surface area contributed by atoms with Crippen LogP contribution in [0, 0.1) is 0 Å². The SMILES string of the molecule is O=C(O)c1cccc(NCc2ccc(CNc3cccc(C(=O)O)c3)cc2)c1. The third kappa shape index (κ3) is 5.11. The van der Waals surface area contributed by atoms with Gasteiger partial charge in [-0.25, -0.2) is 9.59 Å². The largest absolute Gasteiger partial charge is 0.478 e. The zero-order valence-electron chi connectivity index (χ0n) is 15.1. The van der Waals surface area contributed by atoms with Crippen molar-refractivity contribution < 1.29 is 19.8 Å². The fraction of sp³-hybridized carbons (Fsp3) is 0.0909. The van der Waals surface area contributed by atoms with Crippen LogP contribution < -0.4 is 10.6 Å². The van der Waals surface area contributed by atoms with Crippen LogP contribution in [0.3, 0.4) is 0 Å². The first-order valence-corrected chi connectivity index (χ1v) is 8.73. The van der Waals surface area contributed by atoms with E-state index in [1.165, 1.54) is 0 Å². The van der Waals surface area contributed by atoms with Crippen LogP contribution in [0.5, 0.6) is 0 Å². The lowest BCUT2D eigenvalue weighted by Gasteiger charge is -2.10. The Morgan fingerprint density at radius 3 is 1.39 bits per heavy atom. The third-order valence-electron chi connectivity index (χ3n) is 4.24. The fourth-order valence-electron chi connectivity index (χ4n) is 2.71. The summed E-state index contributed by atoms with van der Waals surface area (Å²) in [5.41, 5.74) is 4.14. The Labute approximate surface area is 162 Å². The maximum Gasteiger partial charge on any atom is 0.335 e. The molecule has 3 aromatic carbocycles. The van der Waals surface area contributed by atoms with Gasteiger partial charge in [0, 0.05) is 24.5 Å². The molecule has 0 saturated heterocycles. The van der Waals surface area contributed by atoms with E-state index in [1.807, 2.05) is 36.4 Å². The highest BCUT2D eigenvalue weighted by molar-refractivity contribution is 5.89. The molecular weight excluding hydrogens is 356 g/mol. The molecule has 28 heavy (non-hydrogen) atoms. The summed E-state index contributed by atoms with van der Waals surface area (Å²) in [6, 6.07) is 21.4. The van der Waals surface area contributed by atoms with Crippen molar-refractivity contribution in [1.29, 1.82) is 0 Å². The summed E-state index contributed by atoms with van der Waals surface area (Å²) in [7, 11) is 0. The van der Waals surface area contributed by atoms with Crippen LogP contribution in [0.4, 0.5) is 11.4 Å². The first-order valence-electron chi connectivity index (χ1n) is 8.73. The predicted octanol–water partition coefficient (Wildman–Crippen LogP) is 4.31. The summed E-state index contributed by atoms with van der Waals surface area (Å²) >= 11 is 0. The molecule has 3 aromatic rings. The normalized spacial score (nSPS) is 10.3. The molecule has 142 valence electrons. The quantitative estimate of drug-likeness (QED) is 0.468. The molecule has 0 spiro atoms. The Morgan fingerprint density at radius 2 is 1.04 bits per heavy atom. The second kappa shape index (κ2) is 8.73. The van der Waals surface area contributed by atoms with Crippen LogP contribution in [-0.2, 0) is 13.1 Å². The third-order valence-corrected chi connectivity index (χ3v) is 4.24. The summed E-state index contributed by atoms with van der Waals surface area (Å²) in [6.07, 6.45) is 0. The van der Waals surface area contributed by atoms with E-state index in [-0.39, 0.29) is 11.1 Å². The Bertz CT molecular complexity index is 903. The van der Waals surface area contributed by atoms with Crippen molar-refractivity contribution >= 4 is 23.3 Å². The summed E-state index contributed by atoms with van der Waals surface area (Å²) in [5, 5.41) is 24.5. The van der Waals surface area contributed by atoms with Crippen molar-refractivity contribution in [2.45, 2.75) is 13.1 Å². The Balaban J connectivity index is 1.55. The Hall–Kier alpha value is -3.80. The fourth-order valence-corrected chi connectivity index (χ4v) is 2.71. The molecule has 0 heterocycles. The molecule has 0 aliphatic rings. The van der Waals surface area contributed by atoms with Gasteiger partial charge in [0.2, 0.25) is 0 Å². The maximum atomic E-state index is 11.0. The predicted molar refractivity (Wildman–Crippen MR) is 108 cm³/mol. The van der Waals surface area contributed by atoms with Gasteiger partial charge in [-0.15, -0.1) is 0 Å². The minimum atomic E-state index is -0.950. The van der Waals surface area contributed by atoms with Gasteiger partial charge in [-0.2, -0.15) is 0 Å². The minimum Gasteiger partial charge on any atom is -0.478 e. The second-order valence-electron chi connectivity index (χ2n) is 6.30. The molecular formula is C22H20N2O4. The lowest BCUT2D eigenvalue weighted by molar-refractivity contribution is 0.0686. The van der Waals surface area contributed by atoms with E-state index in [9.17, 15) is 9.59 Å². The van der Waals surface area contributed by atoms with Gasteiger partial charge in [-0.3, -0.25) is 0 Å². The smallest absolute Gasteiger partial charge is 0.335 e. The van der Waals surface area contributed by atoms with Gasteiger partial charge in [-0.1, -0.05) is 36.4 Å². The number of hydrogen-bond acceptors (Lipinski definition) is 4. The van der Waals surface area contributed by atoms with Crippen LogP contribution in [0.25, 0.3) is 0 Å². The number of carboxylic acid groups (broad SMARTS) is 2. The van der Waals surface area contributed by atoms with E-state index in [2.05, 4.69) is 10.6 Å². The Morgan fingerprint density at radius 1 is 0.643 bits per heavy atom. The molecule has 0 atom stereocenters. The average molecular weight is 376 g/mol. The molecule has 0 amide bonds. The highest BCUT2D eigenvalue weighted by Crippen LogP contribution is 2.15. The first-order chi connectivity index (χ1) is 13.5. The van der Waals surface area contributed by atoms with Crippen LogP contribution in [0.1, 0.15) is 31.8 Å². The van der Waals surface area contributed by atoms with E-state index >= 15 is 0 Å². The minimum absolute atomic E-state index is 0.249. The molecule has 0 saturated carbocycles. The average Bonchev–Trinajstić information content (AvgIpc) is 2.72. The summed E-state index contributed by atoms with van der Waals surface area (Å²) in [4.78, 5) is 22.0. The van der Waals surface area contributed by atoms with Crippen LogP contribution in [0.2, 0.25) is 0 Å². The molecule has 6 heteroatoms. The van der Waals surface area contributed by atoms with E-state index in [4.69, 9.17) is 10.2 Å². The molecule has 0 radical (unpaired) electrons. The van der Waals surface area contributed by atoms with Crippen molar-refractivity contribution in [3.63, 3.8) is 0 Å². The molecule has 3 rings (SSSR count). The first kappa shape index (κ1) is 19.0. The number of nitrogens with one attached hydrogen (secondary N) is 2. The number of carboxylic acids is 2. The summed E-state index contributed by atoms with van der Waals surface area (Å²) < 4.78 is 0. The molecule has 0 bridgehead atoms.